The van der Waals surface area contributed by atoms with Gasteiger partial charge < -0.3 is 10.2 Å². The quantitative estimate of drug-likeness (QED) is 0.828. The summed E-state index contributed by atoms with van der Waals surface area (Å²) in [6, 6.07) is 0. The van der Waals surface area contributed by atoms with Gasteiger partial charge in [-0.1, -0.05) is 33.6 Å². The van der Waals surface area contributed by atoms with Crippen LogP contribution in [0.25, 0.3) is 0 Å². The number of hydrogen-bond acceptors (Lipinski definition) is 3. The summed E-state index contributed by atoms with van der Waals surface area (Å²) in [5, 5.41) is 3.02. The number of likely N-dealkylation sites (tertiary alicyclic amines) is 2. The Morgan fingerprint density at radius 1 is 0.960 bits per heavy atom. The van der Waals surface area contributed by atoms with Gasteiger partial charge in [-0.2, -0.15) is 0 Å². The lowest BCUT2D eigenvalue weighted by atomic mass is 9.92. The van der Waals surface area contributed by atoms with Crippen molar-refractivity contribution in [2.24, 2.45) is 11.3 Å². The largest absolute Gasteiger partial charge is 0.355 e. The molecule has 5 heteroatoms. The maximum absolute atomic E-state index is 12.7. The van der Waals surface area contributed by atoms with Gasteiger partial charge in [0.15, 0.2) is 0 Å². The molecular weight excluding hydrogens is 314 g/mol. The lowest BCUT2D eigenvalue weighted by molar-refractivity contribution is -0.137. The summed E-state index contributed by atoms with van der Waals surface area (Å²) >= 11 is 0. The minimum absolute atomic E-state index is 0.113. The second-order valence-corrected chi connectivity index (χ2v) is 8.95. The third kappa shape index (κ3) is 7.35. The van der Waals surface area contributed by atoms with E-state index in [-0.39, 0.29) is 17.2 Å². The third-order valence-corrected chi connectivity index (χ3v) is 5.42. The van der Waals surface area contributed by atoms with E-state index in [1.54, 1.807) is 0 Å². The van der Waals surface area contributed by atoms with E-state index >= 15 is 0 Å². The van der Waals surface area contributed by atoms with Crippen molar-refractivity contribution in [3.8, 4) is 0 Å². The van der Waals surface area contributed by atoms with Gasteiger partial charge in [0.1, 0.15) is 0 Å². The fraction of sp³-hybridized carbons (Fsp3) is 0.900. The van der Waals surface area contributed by atoms with Crippen LogP contribution in [0, 0.1) is 11.3 Å². The summed E-state index contributed by atoms with van der Waals surface area (Å²) in [6.45, 7) is 11.4. The first-order valence-corrected chi connectivity index (χ1v) is 10.1. The molecule has 0 aromatic heterocycles. The lowest BCUT2D eigenvalue weighted by Gasteiger charge is -2.33. The smallest absolute Gasteiger partial charge is 0.234 e. The molecule has 2 fully saturated rings. The van der Waals surface area contributed by atoms with Crippen molar-refractivity contribution in [1.29, 1.82) is 0 Å². The molecule has 2 amide bonds. The third-order valence-electron chi connectivity index (χ3n) is 5.42. The number of carbonyl (C=O) groups excluding carboxylic acids is 2. The van der Waals surface area contributed by atoms with E-state index in [4.69, 9.17) is 0 Å². The normalized spacial score (nSPS) is 21.0. The van der Waals surface area contributed by atoms with Crippen molar-refractivity contribution >= 4 is 11.8 Å². The van der Waals surface area contributed by atoms with Crippen LogP contribution in [-0.2, 0) is 9.59 Å². The molecule has 0 spiro atoms. The van der Waals surface area contributed by atoms with Gasteiger partial charge in [0.05, 0.1) is 6.54 Å². The van der Waals surface area contributed by atoms with E-state index in [2.05, 4.69) is 35.9 Å². The van der Waals surface area contributed by atoms with E-state index in [9.17, 15) is 9.59 Å². The highest BCUT2D eigenvalue weighted by molar-refractivity contribution is 5.79. The predicted molar refractivity (Wildman–Crippen MR) is 101 cm³/mol. The average Bonchev–Trinajstić information content (AvgIpc) is 2.83. The van der Waals surface area contributed by atoms with Crippen molar-refractivity contribution < 1.29 is 9.59 Å². The van der Waals surface area contributed by atoms with Crippen LogP contribution >= 0.6 is 0 Å². The molecule has 2 heterocycles. The summed E-state index contributed by atoms with van der Waals surface area (Å²) in [5.74, 6) is 0.635. The van der Waals surface area contributed by atoms with Gasteiger partial charge in [0, 0.05) is 25.6 Å². The van der Waals surface area contributed by atoms with E-state index in [1.807, 2.05) is 0 Å². The fourth-order valence-corrected chi connectivity index (χ4v) is 3.72. The standard InChI is InChI=1S/C20H37N3O2/c1-20(2,3)10-11-21-18(24)16-22-14-8-17(9-15-22)19(25)23-12-6-4-5-7-13-23/h17H,4-16H2,1-3H3,(H,21,24). The van der Waals surface area contributed by atoms with Gasteiger partial charge in [-0.25, -0.2) is 0 Å². The molecule has 0 radical (unpaired) electrons. The van der Waals surface area contributed by atoms with Crippen molar-refractivity contribution in [2.45, 2.75) is 65.7 Å². The first kappa shape index (κ1) is 20.2. The second-order valence-electron chi connectivity index (χ2n) is 8.95. The Balaban J connectivity index is 1.66. The van der Waals surface area contributed by atoms with Crippen LogP contribution in [0.3, 0.4) is 0 Å². The predicted octanol–water partition coefficient (Wildman–Crippen LogP) is 2.65. The topological polar surface area (TPSA) is 52.7 Å². The van der Waals surface area contributed by atoms with Crippen LogP contribution in [-0.4, -0.2) is 60.9 Å². The van der Waals surface area contributed by atoms with Crippen LogP contribution < -0.4 is 5.32 Å². The second kappa shape index (κ2) is 9.56. The van der Waals surface area contributed by atoms with E-state index in [0.29, 0.717) is 12.5 Å². The maximum Gasteiger partial charge on any atom is 0.234 e. The molecule has 2 rings (SSSR count). The average molecular weight is 352 g/mol. The zero-order valence-electron chi connectivity index (χ0n) is 16.5. The summed E-state index contributed by atoms with van der Waals surface area (Å²) in [4.78, 5) is 29.1. The molecule has 2 saturated heterocycles. The molecule has 0 saturated carbocycles. The lowest BCUT2D eigenvalue weighted by Crippen LogP contribution is -2.45. The molecule has 25 heavy (non-hydrogen) atoms. The van der Waals surface area contributed by atoms with Crippen molar-refractivity contribution in [3.05, 3.63) is 0 Å². The zero-order valence-corrected chi connectivity index (χ0v) is 16.5. The number of amides is 2. The number of nitrogens with one attached hydrogen (secondary N) is 1. The Morgan fingerprint density at radius 3 is 2.12 bits per heavy atom. The van der Waals surface area contributed by atoms with Gasteiger partial charge in [-0.05, 0) is 50.6 Å². The highest BCUT2D eigenvalue weighted by Gasteiger charge is 2.29. The van der Waals surface area contributed by atoms with Crippen LogP contribution in [0.5, 0.6) is 0 Å². The monoisotopic (exact) mass is 351 g/mol. The van der Waals surface area contributed by atoms with Crippen molar-refractivity contribution in [1.82, 2.24) is 15.1 Å². The number of hydrogen-bond donors (Lipinski definition) is 1. The Morgan fingerprint density at radius 2 is 1.56 bits per heavy atom. The molecule has 144 valence electrons. The Kier molecular flexibility index (Phi) is 7.73. The van der Waals surface area contributed by atoms with E-state index in [1.165, 1.54) is 12.8 Å². The SMILES string of the molecule is CC(C)(C)CCNC(=O)CN1CCC(C(=O)N2CCCCCC2)CC1. The Labute approximate surface area is 153 Å². The first-order chi connectivity index (χ1) is 11.8. The summed E-state index contributed by atoms with van der Waals surface area (Å²) in [6.07, 6.45) is 7.60. The molecule has 0 atom stereocenters. The molecular formula is C20H37N3O2. The van der Waals surface area contributed by atoms with Gasteiger partial charge >= 0.3 is 0 Å². The van der Waals surface area contributed by atoms with Crippen LogP contribution in [0.4, 0.5) is 0 Å². The Bertz CT molecular complexity index is 429. The maximum atomic E-state index is 12.7. The molecule has 0 bridgehead atoms. The zero-order chi connectivity index (χ0) is 18.3. The van der Waals surface area contributed by atoms with Gasteiger partial charge in [-0.3, -0.25) is 14.5 Å². The molecule has 0 aliphatic carbocycles. The molecule has 5 nitrogen and oxygen atoms in total. The highest BCUT2D eigenvalue weighted by atomic mass is 16.2. The molecule has 0 aromatic rings. The fourth-order valence-electron chi connectivity index (χ4n) is 3.72. The number of carbonyl (C=O) groups is 2. The van der Waals surface area contributed by atoms with Crippen molar-refractivity contribution in [2.75, 3.05) is 39.3 Å². The van der Waals surface area contributed by atoms with Crippen LogP contribution in [0.15, 0.2) is 0 Å². The minimum Gasteiger partial charge on any atom is -0.355 e. The Hall–Kier alpha value is -1.10. The van der Waals surface area contributed by atoms with Crippen molar-refractivity contribution in [3.63, 3.8) is 0 Å². The van der Waals surface area contributed by atoms with E-state index < -0.39 is 0 Å². The number of nitrogens with zero attached hydrogens (tertiary/aromatic N) is 2. The molecule has 2 aliphatic heterocycles. The number of rotatable bonds is 5. The van der Waals surface area contributed by atoms with Crippen LogP contribution in [0.2, 0.25) is 0 Å². The number of piperidine rings is 1. The molecule has 2 aliphatic rings. The molecule has 1 N–H and O–H groups in total. The summed E-state index contributed by atoms with van der Waals surface area (Å²) in [7, 11) is 0. The molecule has 0 aromatic carbocycles. The molecule has 0 unspecified atom stereocenters. The summed E-state index contributed by atoms with van der Waals surface area (Å²) in [5.41, 5.74) is 0.249. The van der Waals surface area contributed by atoms with Gasteiger partial charge in [0.25, 0.3) is 0 Å². The van der Waals surface area contributed by atoms with E-state index in [0.717, 1.165) is 64.8 Å². The highest BCUT2D eigenvalue weighted by Crippen LogP contribution is 2.21. The van der Waals surface area contributed by atoms with Gasteiger partial charge in [0.2, 0.25) is 11.8 Å². The first-order valence-electron chi connectivity index (χ1n) is 10.1. The van der Waals surface area contributed by atoms with Crippen LogP contribution in [0.1, 0.15) is 65.7 Å². The summed E-state index contributed by atoms with van der Waals surface area (Å²) < 4.78 is 0. The van der Waals surface area contributed by atoms with Gasteiger partial charge in [-0.15, -0.1) is 0 Å². The minimum atomic E-state index is 0.113.